The fourth-order valence-electron chi connectivity index (χ4n) is 3.73. The lowest BCUT2D eigenvalue weighted by Crippen LogP contribution is -2.20. The molecule has 1 heterocycles. The molecule has 0 saturated carbocycles. The number of nitrogens with one attached hydrogen (secondary N) is 1. The standard InChI is InChI=1S/C23H23ClN4O3/c24-15-6-10-17(11-7-15)28-20-5-3-1-2-4-19(20)22(27-28)23(30)26-16-8-12-18(13-9-16)31-14-21(25)29/h6-13H,1-5,14H2,(H2,25,29)(H,26,30). The largest absolute Gasteiger partial charge is 0.484 e. The maximum absolute atomic E-state index is 13.1. The minimum Gasteiger partial charge on any atom is -0.484 e. The van der Waals surface area contributed by atoms with Crippen molar-refractivity contribution in [2.45, 2.75) is 32.1 Å². The minimum absolute atomic E-state index is 0.194. The second-order valence-electron chi connectivity index (χ2n) is 7.46. The Balaban J connectivity index is 1.59. The molecule has 3 aromatic rings. The van der Waals surface area contributed by atoms with Crippen LogP contribution in [0.2, 0.25) is 5.02 Å². The van der Waals surface area contributed by atoms with Gasteiger partial charge in [-0.25, -0.2) is 4.68 Å². The summed E-state index contributed by atoms with van der Waals surface area (Å²) in [7, 11) is 0. The third kappa shape index (κ3) is 4.88. The first kappa shape index (κ1) is 20.9. The van der Waals surface area contributed by atoms with E-state index in [0.29, 0.717) is 22.2 Å². The maximum atomic E-state index is 13.1. The Morgan fingerprint density at radius 1 is 1.03 bits per heavy atom. The maximum Gasteiger partial charge on any atom is 0.276 e. The highest BCUT2D eigenvalue weighted by molar-refractivity contribution is 6.30. The topological polar surface area (TPSA) is 99.2 Å². The average Bonchev–Trinajstić information content (AvgIpc) is 2.95. The molecule has 3 N–H and O–H groups in total. The molecule has 0 bridgehead atoms. The van der Waals surface area contributed by atoms with E-state index in [1.165, 1.54) is 0 Å². The Bertz CT molecular complexity index is 1090. The van der Waals surface area contributed by atoms with Crippen LogP contribution in [0.15, 0.2) is 48.5 Å². The summed E-state index contributed by atoms with van der Waals surface area (Å²) in [5.41, 5.74) is 9.11. The number of halogens is 1. The first-order valence-corrected chi connectivity index (χ1v) is 10.6. The molecule has 2 aromatic carbocycles. The van der Waals surface area contributed by atoms with Crippen molar-refractivity contribution >= 4 is 29.1 Å². The fourth-order valence-corrected chi connectivity index (χ4v) is 3.86. The van der Waals surface area contributed by atoms with Crippen LogP contribution in [0.1, 0.15) is 41.0 Å². The monoisotopic (exact) mass is 438 g/mol. The van der Waals surface area contributed by atoms with Crippen molar-refractivity contribution in [2.24, 2.45) is 5.73 Å². The summed E-state index contributed by atoms with van der Waals surface area (Å²) in [5, 5.41) is 8.25. The number of hydrogen-bond acceptors (Lipinski definition) is 4. The van der Waals surface area contributed by atoms with Crippen molar-refractivity contribution in [2.75, 3.05) is 11.9 Å². The van der Waals surface area contributed by atoms with Gasteiger partial charge in [-0.3, -0.25) is 9.59 Å². The van der Waals surface area contributed by atoms with Crippen LogP contribution in [0.4, 0.5) is 5.69 Å². The van der Waals surface area contributed by atoms with Gasteiger partial charge in [-0.1, -0.05) is 18.0 Å². The molecule has 1 aliphatic rings. The number of nitrogens with zero attached hydrogens (tertiary/aromatic N) is 2. The summed E-state index contributed by atoms with van der Waals surface area (Å²) in [6.45, 7) is -0.194. The van der Waals surface area contributed by atoms with E-state index in [-0.39, 0.29) is 12.5 Å². The van der Waals surface area contributed by atoms with E-state index in [9.17, 15) is 9.59 Å². The van der Waals surface area contributed by atoms with Crippen LogP contribution in [0.5, 0.6) is 5.75 Å². The summed E-state index contributed by atoms with van der Waals surface area (Å²) in [6.07, 6.45) is 4.93. The molecule has 0 spiro atoms. The van der Waals surface area contributed by atoms with Crippen LogP contribution in [0.3, 0.4) is 0 Å². The number of ether oxygens (including phenoxy) is 1. The van der Waals surface area contributed by atoms with E-state index in [4.69, 9.17) is 22.1 Å². The van der Waals surface area contributed by atoms with E-state index in [1.54, 1.807) is 24.3 Å². The van der Waals surface area contributed by atoms with Crippen molar-refractivity contribution in [3.05, 3.63) is 70.5 Å². The number of amides is 2. The van der Waals surface area contributed by atoms with Crippen LogP contribution in [0.25, 0.3) is 5.69 Å². The molecule has 1 aromatic heterocycles. The van der Waals surface area contributed by atoms with Gasteiger partial charge in [0.2, 0.25) is 0 Å². The van der Waals surface area contributed by atoms with Crippen LogP contribution in [0, 0.1) is 0 Å². The van der Waals surface area contributed by atoms with Crippen LogP contribution in [-0.2, 0) is 17.6 Å². The van der Waals surface area contributed by atoms with Crippen molar-refractivity contribution in [1.82, 2.24) is 9.78 Å². The van der Waals surface area contributed by atoms with Crippen LogP contribution >= 0.6 is 11.6 Å². The molecule has 4 rings (SSSR count). The zero-order valence-electron chi connectivity index (χ0n) is 16.9. The van der Waals surface area contributed by atoms with Gasteiger partial charge in [0.15, 0.2) is 12.3 Å². The Labute approximate surface area is 185 Å². The molecule has 0 unspecified atom stereocenters. The van der Waals surface area contributed by atoms with Gasteiger partial charge in [0.25, 0.3) is 11.8 Å². The summed E-state index contributed by atoms with van der Waals surface area (Å²) in [4.78, 5) is 23.9. The second kappa shape index (κ2) is 9.22. The highest BCUT2D eigenvalue weighted by Crippen LogP contribution is 2.27. The Hall–Kier alpha value is -3.32. The number of carbonyl (C=O) groups excluding carboxylic acids is 2. The molecule has 8 heteroatoms. The van der Waals surface area contributed by atoms with E-state index < -0.39 is 5.91 Å². The molecule has 31 heavy (non-hydrogen) atoms. The quantitative estimate of drug-likeness (QED) is 0.570. The third-order valence-electron chi connectivity index (χ3n) is 5.21. The molecule has 0 saturated heterocycles. The van der Waals surface area contributed by atoms with Gasteiger partial charge in [0.1, 0.15) is 5.75 Å². The minimum atomic E-state index is -0.547. The van der Waals surface area contributed by atoms with E-state index >= 15 is 0 Å². The summed E-state index contributed by atoms with van der Waals surface area (Å²) in [5.74, 6) is -0.302. The van der Waals surface area contributed by atoms with Gasteiger partial charge in [-0.2, -0.15) is 5.10 Å². The summed E-state index contributed by atoms with van der Waals surface area (Å²) >= 11 is 6.04. The van der Waals surface area contributed by atoms with E-state index in [1.807, 2.05) is 28.9 Å². The number of hydrogen-bond donors (Lipinski definition) is 2. The lowest BCUT2D eigenvalue weighted by Gasteiger charge is -2.07. The Kier molecular flexibility index (Phi) is 6.23. The fraction of sp³-hybridized carbons (Fsp3) is 0.261. The number of fused-ring (bicyclic) bond motifs is 1. The predicted molar refractivity (Wildman–Crippen MR) is 119 cm³/mol. The molecule has 1 aliphatic carbocycles. The highest BCUT2D eigenvalue weighted by Gasteiger charge is 2.25. The normalized spacial score (nSPS) is 13.2. The zero-order chi connectivity index (χ0) is 21.8. The van der Waals surface area contributed by atoms with Crippen molar-refractivity contribution in [3.8, 4) is 11.4 Å². The van der Waals surface area contributed by atoms with E-state index in [2.05, 4.69) is 10.4 Å². The predicted octanol–water partition coefficient (Wildman–Crippen LogP) is 3.91. The van der Waals surface area contributed by atoms with Gasteiger partial charge in [0.05, 0.1) is 5.69 Å². The number of benzene rings is 2. The van der Waals surface area contributed by atoms with Gasteiger partial charge in [0, 0.05) is 22.0 Å². The highest BCUT2D eigenvalue weighted by atomic mass is 35.5. The molecule has 0 radical (unpaired) electrons. The van der Waals surface area contributed by atoms with Gasteiger partial charge in [-0.05, 0) is 74.2 Å². The average molecular weight is 439 g/mol. The number of primary amides is 1. The number of carbonyl (C=O) groups is 2. The second-order valence-corrected chi connectivity index (χ2v) is 7.89. The van der Waals surface area contributed by atoms with Crippen molar-refractivity contribution in [1.29, 1.82) is 0 Å². The van der Waals surface area contributed by atoms with Crippen LogP contribution in [-0.4, -0.2) is 28.2 Å². The van der Waals surface area contributed by atoms with Crippen molar-refractivity contribution in [3.63, 3.8) is 0 Å². The lowest BCUT2D eigenvalue weighted by atomic mass is 10.1. The molecular weight excluding hydrogens is 416 g/mol. The molecule has 0 atom stereocenters. The number of anilines is 1. The first-order chi connectivity index (χ1) is 15.0. The molecule has 7 nitrogen and oxygen atoms in total. The molecule has 2 amide bonds. The number of rotatable bonds is 6. The molecule has 0 fully saturated rings. The number of nitrogens with two attached hydrogens (primary N) is 1. The van der Waals surface area contributed by atoms with Crippen molar-refractivity contribution < 1.29 is 14.3 Å². The molecule has 0 aliphatic heterocycles. The smallest absolute Gasteiger partial charge is 0.276 e. The molecular formula is C23H23ClN4O3. The summed E-state index contributed by atoms with van der Waals surface area (Å²) in [6, 6.07) is 14.2. The molecule has 160 valence electrons. The Morgan fingerprint density at radius 3 is 2.45 bits per heavy atom. The lowest BCUT2D eigenvalue weighted by molar-refractivity contribution is -0.119. The first-order valence-electron chi connectivity index (χ1n) is 10.2. The Morgan fingerprint density at radius 2 is 1.74 bits per heavy atom. The van der Waals surface area contributed by atoms with E-state index in [0.717, 1.165) is 49.0 Å². The zero-order valence-corrected chi connectivity index (χ0v) is 17.7. The third-order valence-corrected chi connectivity index (χ3v) is 5.46. The van der Waals surface area contributed by atoms with Crippen LogP contribution < -0.4 is 15.8 Å². The van der Waals surface area contributed by atoms with Gasteiger partial charge < -0.3 is 15.8 Å². The van der Waals surface area contributed by atoms with Gasteiger partial charge in [-0.15, -0.1) is 0 Å². The SMILES string of the molecule is NC(=O)COc1ccc(NC(=O)c2nn(-c3ccc(Cl)cc3)c3c2CCCCC3)cc1. The van der Waals surface area contributed by atoms with Gasteiger partial charge >= 0.3 is 0 Å². The number of aromatic nitrogens is 2. The summed E-state index contributed by atoms with van der Waals surface area (Å²) < 4.78 is 7.12.